The van der Waals surface area contributed by atoms with Gasteiger partial charge in [-0.1, -0.05) is 50.2 Å². The van der Waals surface area contributed by atoms with Gasteiger partial charge >= 0.3 is 6.09 Å². The molecule has 0 radical (unpaired) electrons. The molecule has 2 aliphatic rings. The van der Waals surface area contributed by atoms with Gasteiger partial charge in [0.15, 0.2) is 0 Å². The van der Waals surface area contributed by atoms with Crippen LogP contribution in [0.2, 0.25) is 0 Å². The summed E-state index contributed by atoms with van der Waals surface area (Å²) >= 11 is 1.63. The van der Waals surface area contributed by atoms with E-state index < -0.39 is 6.09 Å². The molecule has 2 amide bonds. The smallest absolute Gasteiger partial charge is 0.416 e. The fourth-order valence-corrected chi connectivity index (χ4v) is 5.76. The van der Waals surface area contributed by atoms with Gasteiger partial charge in [-0.3, -0.25) is 9.78 Å². The number of carbonyl (C=O) groups is 2. The van der Waals surface area contributed by atoms with E-state index in [1.165, 1.54) is 4.90 Å². The van der Waals surface area contributed by atoms with Crippen molar-refractivity contribution >= 4 is 29.0 Å². The SMILES string of the molecule is CC1(C)CN([C@@H](CC(=O)N2C(=O)OC[C@@H]2Cc2ccccc2)c2cccs2)c2cccnc21. The first-order chi connectivity index (χ1) is 15.9. The molecule has 1 saturated heterocycles. The van der Waals surface area contributed by atoms with Crippen molar-refractivity contribution in [1.82, 2.24) is 9.88 Å². The van der Waals surface area contributed by atoms with E-state index >= 15 is 0 Å². The van der Waals surface area contributed by atoms with Gasteiger partial charge in [0.25, 0.3) is 0 Å². The standard InChI is InChI=1S/C26H27N3O3S/c1-26(2)17-28(20-10-6-12-27-24(20)26)21(22-11-7-13-33-22)15-23(30)29-19(16-32-25(29)31)14-18-8-4-3-5-9-18/h3-13,19,21H,14-17H2,1-2H3/t19-,21-/m0/s1. The Bertz CT molecular complexity index is 1150. The van der Waals surface area contributed by atoms with E-state index in [-0.39, 0.29) is 36.4 Å². The number of aromatic nitrogens is 1. The summed E-state index contributed by atoms with van der Waals surface area (Å²) in [4.78, 5) is 35.5. The molecule has 4 heterocycles. The molecule has 0 N–H and O–H groups in total. The quantitative estimate of drug-likeness (QED) is 0.519. The maximum absolute atomic E-state index is 13.6. The fraction of sp³-hybridized carbons (Fsp3) is 0.346. The molecule has 6 nitrogen and oxygen atoms in total. The van der Waals surface area contributed by atoms with Gasteiger partial charge < -0.3 is 9.64 Å². The number of ether oxygens (including phenoxy) is 1. The first-order valence-corrected chi connectivity index (χ1v) is 12.1. The number of amides is 2. The molecule has 33 heavy (non-hydrogen) atoms. The van der Waals surface area contributed by atoms with Gasteiger partial charge in [-0.2, -0.15) is 0 Å². The number of fused-ring (bicyclic) bond motifs is 1. The number of hydrogen-bond donors (Lipinski definition) is 0. The summed E-state index contributed by atoms with van der Waals surface area (Å²) in [6, 6.07) is 17.5. The third-order valence-electron chi connectivity index (χ3n) is 6.46. The van der Waals surface area contributed by atoms with Crippen molar-refractivity contribution in [3.8, 4) is 0 Å². The molecule has 0 unspecified atom stereocenters. The molecule has 7 heteroatoms. The van der Waals surface area contributed by atoms with Crippen LogP contribution >= 0.6 is 11.3 Å². The molecule has 170 valence electrons. The molecule has 0 aliphatic carbocycles. The van der Waals surface area contributed by atoms with Crippen LogP contribution < -0.4 is 4.90 Å². The van der Waals surface area contributed by atoms with Crippen LogP contribution in [0, 0.1) is 0 Å². The van der Waals surface area contributed by atoms with Crippen LogP contribution in [0.5, 0.6) is 0 Å². The molecular formula is C26H27N3O3S. The Kier molecular flexibility index (Phi) is 5.66. The minimum Gasteiger partial charge on any atom is -0.447 e. The van der Waals surface area contributed by atoms with Crippen LogP contribution in [0.3, 0.4) is 0 Å². The predicted molar refractivity (Wildman–Crippen MR) is 128 cm³/mol. The van der Waals surface area contributed by atoms with Gasteiger partial charge in [0.1, 0.15) is 6.61 Å². The Morgan fingerprint density at radius 1 is 1.18 bits per heavy atom. The number of rotatable bonds is 6. The third-order valence-corrected chi connectivity index (χ3v) is 7.44. The highest BCUT2D eigenvalue weighted by atomic mass is 32.1. The largest absolute Gasteiger partial charge is 0.447 e. The number of anilines is 1. The number of hydrogen-bond acceptors (Lipinski definition) is 6. The molecule has 5 rings (SSSR count). The lowest BCUT2D eigenvalue weighted by Crippen LogP contribution is -2.42. The maximum Gasteiger partial charge on any atom is 0.416 e. The monoisotopic (exact) mass is 461 g/mol. The van der Waals surface area contributed by atoms with Crippen molar-refractivity contribution in [2.24, 2.45) is 0 Å². The second-order valence-corrected chi connectivity index (χ2v) is 10.3. The van der Waals surface area contributed by atoms with Crippen LogP contribution in [0.1, 0.15) is 42.4 Å². The van der Waals surface area contributed by atoms with Gasteiger partial charge in [0, 0.05) is 23.0 Å². The van der Waals surface area contributed by atoms with Crippen LogP contribution in [0.25, 0.3) is 0 Å². The number of nitrogens with zero attached hydrogens (tertiary/aromatic N) is 3. The molecule has 1 aromatic carbocycles. The van der Waals surface area contributed by atoms with Gasteiger partial charge in [-0.05, 0) is 35.6 Å². The molecule has 2 aliphatic heterocycles. The van der Waals surface area contributed by atoms with Crippen molar-refractivity contribution in [3.05, 3.63) is 82.3 Å². The Morgan fingerprint density at radius 2 is 2.00 bits per heavy atom. The first kappa shape index (κ1) is 21.6. The van der Waals surface area contributed by atoms with Gasteiger partial charge in [-0.15, -0.1) is 11.3 Å². The molecule has 2 aromatic heterocycles. The number of cyclic esters (lactones) is 1. The molecule has 0 bridgehead atoms. The molecule has 0 saturated carbocycles. The van der Waals surface area contributed by atoms with Gasteiger partial charge in [0.2, 0.25) is 5.91 Å². The zero-order valence-electron chi connectivity index (χ0n) is 18.8. The minimum atomic E-state index is -0.547. The Hall–Kier alpha value is -3.19. The highest BCUT2D eigenvalue weighted by molar-refractivity contribution is 7.10. The molecule has 3 aromatic rings. The topological polar surface area (TPSA) is 62.7 Å². The van der Waals surface area contributed by atoms with Crippen LogP contribution in [-0.4, -0.2) is 41.1 Å². The van der Waals surface area contributed by atoms with Crippen molar-refractivity contribution in [2.75, 3.05) is 18.1 Å². The number of thiophene rings is 1. The second-order valence-electron chi connectivity index (χ2n) is 9.30. The molecule has 2 atom stereocenters. The number of pyridine rings is 1. The van der Waals surface area contributed by atoms with Crippen molar-refractivity contribution in [3.63, 3.8) is 0 Å². The van der Waals surface area contributed by atoms with E-state index in [9.17, 15) is 9.59 Å². The normalized spacial score (nSPS) is 19.9. The van der Waals surface area contributed by atoms with E-state index in [1.807, 2.05) is 54.0 Å². The Morgan fingerprint density at radius 3 is 2.76 bits per heavy atom. The Labute approximate surface area is 197 Å². The van der Waals surface area contributed by atoms with E-state index in [2.05, 4.69) is 35.9 Å². The molecular weight excluding hydrogens is 434 g/mol. The summed E-state index contributed by atoms with van der Waals surface area (Å²) in [5.74, 6) is -0.202. The molecule has 1 fully saturated rings. The lowest BCUT2D eigenvalue weighted by molar-refractivity contribution is -0.129. The fourth-order valence-electron chi connectivity index (χ4n) is 4.93. The van der Waals surface area contributed by atoms with Crippen molar-refractivity contribution in [2.45, 2.75) is 44.2 Å². The number of imide groups is 1. The zero-order valence-corrected chi connectivity index (χ0v) is 19.6. The van der Waals surface area contributed by atoms with E-state index in [0.29, 0.717) is 6.42 Å². The van der Waals surface area contributed by atoms with Crippen molar-refractivity contribution in [1.29, 1.82) is 0 Å². The van der Waals surface area contributed by atoms with Gasteiger partial charge in [-0.25, -0.2) is 9.69 Å². The minimum absolute atomic E-state index is 0.127. The second kappa shape index (κ2) is 8.63. The lowest BCUT2D eigenvalue weighted by Gasteiger charge is -2.32. The first-order valence-electron chi connectivity index (χ1n) is 11.2. The van der Waals surface area contributed by atoms with E-state index in [0.717, 1.165) is 28.4 Å². The summed E-state index contributed by atoms with van der Waals surface area (Å²) < 4.78 is 5.30. The zero-order chi connectivity index (χ0) is 23.0. The van der Waals surface area contributed by atoms with Crippen LogP contribution in [0.15, 0.2) is 66.2 Å². The summed E-state index contributed by atoms with van der Waals surface area (Å²) in [5, 5.41) is 2.03. The third kappa shape index (κ3) is 4.13. The maximum atomic E-state index is 13.6. The average molecular weight is 462 g/mol. The van der Waals surface area contributed by atoms with Crippen molar-refractivity contribution < 1.29 is 14.3 Å². The Balaban J connectivity index is 1.42. The van der Waals surface area contributed by atoms with Crippen LogP contribution in [-0.2, 0) is 21.4 Å². The summed E-state index contributed by atoms with van der Waals surface area (Å²) in [5.41, 5.74) is 3.05. The van der Waals surface area contributed by atoms with Gasteiger partial charge in [0.05, 0.1) is 29.9 Å². The summed E-state index contributed by atoms with van der Waals surface area (Å²) in [6.45, 7) is 5.35. The summed E-state index contributed by atoms with van der Waals surface area (Å²) in [7, 11) is 0. The van der Waals surface area contributed by atoms with E-state index in [4.69, 9.17) is 4.74 Å². The number of carbonyl (C=O) groups excluding carboxylic acids is 2. The highest BCUT2D eigenvalue weighted by Gasteiger charge is 2.43. The van der Waals surface area contributed by atoms with Crippen LogP contribution in [0.4, 0.5) is 10.5 Å². The highest BCUT2D eigenvalue weighted by Crippen LogP contribution is 2.45. The molecule has 0 spiro atoms. The number of benzene rings is 1. The lowest BCUT2D eigenvalue weighted by atomic mass is 9.91. The van der Waals surface area contributed by atoms with E-state index in [1.54, 1.807) is 11.3 Å². The summed E-state index contributed by atoms with van der Waals surface area (Å²) in [6.07, 6.45) is 2.07. The average Bonchev–Trinajstić information content (AvgIpc) is 3.52. The predicted octanol–water partition coefficient (Wildman–Crippen LogP) is 4.96.